The first-order chi connectivity index (χ1) is 11.6. The van der Waals surface area contributed by atoms with E-state index in [-0.39, 0.29) is 47.5 Å². The summed E-state index contributed by atoms with van der Waals surface area (Å²) in [6, 6.07) is 0. The van der Waals surface area contributed by atoms with E-state index in [9.17, 15) is 0 Å². The van der Waals surface area contributed by atoms with Gasteiger partial charge in [-0.25, -0.2) is 0 Å². The predicted molar refractivity (Wildman–Crippen MR) is 114 cm³/mol. The van der Waals surface area contributed by atoms with Crippen molar-refractivity contribution in [3.05, 3.63) is 7.43 Å². The molecule has 3 saturated carbocycles. The maximum Gasteiger partial charge on any atom is 0.0483 e. The van der Waals surface area contributed by atoms with Gasteiger partial charge in [0.2, 0.25) is 0 Å². The van der Waals surface area contributed by atoms with Gasteiger partial charge in [0.05, 0.1) is 0 Å². The second-order valence-electron chi connectivity index (χ2n) is 8.93. The third-order valence-electron chi connectivity index (χ3n) is 5.09. The van der Waals surface area contributed by atoms with E-state index in [1.807, 2.05) is 0 Å². The molecule has 0 aliphatic heterocycles. The minimum Gasteiger partial charge on any atom is -0.394 e. The number of aliphatic hydroxyl groups is 3. The molecule has 4 unspecified atom stereocenters. The molecule has 3 fully saturated rings. The number of fused-ring (bicyclic) bond motifs is 3. The van der Waals surface area contributed by atoms with Crippen molar-refractivity contribution in [2.24, 2.45) is 23.7 Å². The Morgan fingerprint density at radius 1 is 0.556 bits per heavy atom. The Kier molecular flexibility index (Phi) is 22.2. The molecule has 3 aliphatic rings. The van der Waals surface area contributed by atoms with Gasteiger partial charge in [-0.1, -0.05) is 38.5 Å². The van der Waals surface area contributed by atoms with Crippen molar-refractivity contribution in [3.63, 3.8) is 0 Å². The molecule has 0 aromatic heterocycles. The van der Waals surface area contributed by atoms with Crippen molar-refractivity contribution in [1.82, 2.24) is 0 Å². The first kappa shape index (κ1) is 32.3. The van der Waals surface area contributed by atoms with Crippen LogP contribution in [0.2, 0.25) is 0 Å². The molecule has 3 aliphatic carbocycles. The summed E-state index contributed by atoms with van der Waals surface area (Å²) in [4.78, 5) is 0. The van der Waals surface area contributed by atoms with Gasteiger partial charge in [0.25, 0.3) is 0 Å². The molecule has 0 amide bonds. The fraction of sp³-hybridized carbons (Fsp3) is 0.957. The van der Waals surface area contributed by atoms with E-state index in [1.165, 1.54) is 23.7 Å². The summed E-state index contributed by atoms with van der Waals surface area (Å²) in [6.07, 6.45) is 13.6. The van der Waals surface area contributed by atoms with E-state index < -0.39 is 0 Å². The van der Waals surface area contributed by atoms with E-state index in [1.54, 1.807) is 99.3 Å². The van der Waals surface area contributed by atoms with Crippen LogP contribution in [0.3, 0.4) is 0 Å². The summed E-state index contributed by atoms with van der Waals surface area (Å²) in [5, 5.41) is 24.2. The van der Waals surface area contributed by atoms with Crippen LogP contribution in [0.1, 0.15) is 99.3 Å². The van der Waals surface area contributed by atoms with Gasteiger partial charge in [0, 0.05) is 40.0 Å². The zero-order chi connectivity index (χ0) is 19.4. The van der Waals surface area contributed by atoms with Gasteiger partial charge in [-0.3, -0.25) is 0 Å². The first-order valence-corrected chi connectivity index (χ1v) is 10.7. The van der Waals surface area contributed by atoms with Crippen molar-refractivity contribution >= 4 is 0 Å². The van der Waals surface area contributed by atoms with E-state index in [2.05, 4.69) is 0 Å². The molecule has 27 heavy (non-hydrogen) atoms. The summed E-state index contributed by atoms with van der Waals surface area (Å²) in [5.41, 5.74) is 0. The van der Waals surface area contributed by atoms with Crippen molar-refractivity contribution in [2.75, 3.05) is 0 Å². The van der Waals surface area contributed by atoms with Crippen LogP contribution in [0.5, 0.6) is 0 Å². The molecule has 0 bridgehead atoms. The molecule has 3 rings (SSSR count). The van der Waals surface area contributed by atoms with Crippen LogP contribution in [0.4, 0.5) is 0 Å². The number of hydrogen-bond acceptors (Lipinski definition) is 3. The minimum absolute atomic E-state index is 0. The van der Waals surface area contributed by atoms with Crippen molar-refractivity contribution < 1.29 is 37.0 Å². The zero-order valence-corrected chi connectivity index (χ0v) is 20.8. The molecule has 0 saturated heterocycles. The summed E-state index contributed by atoms with van der Waals surface area (Å²) >= 11 is 0. The Labute approximate surface area is 185 Å². The first-order valence-electron chi connectivity index (χ1n) is 10.7. The molecule has 0 spiro atoms. The molecule has 0 aromatic rings. The third-order valence-corrected chi connectivity index (χ3v) is 5.09. The van der Waals surface area contributed by atoms with Crippen LogP contribution in [0, 0.1) is 31.1 Å². The summed E-state index contributed by atoms with van der Waals surface area (Å²) in [6.45, 7) is 10.3. The van der Waals surface area contributed by atoms with Crippen LogP contribution in [-0.4, -0.2) is 33.6 Å². The van der Waals surface area contributed by atoms with Crippen molar-refractivity contribution in [2.45, 2.75) is 118 Å². The SMILES string of the molecule is C1CCC2C(C1)CC1CCCCC12.CC(C)O.CC(C)O.CC(C)O.[CH3-].[Ti]. The molecule has 0 aromatic carbocycles. The minimum atomic E-state index is -0.167. The van der Waals surface area contributed by atoms with Gasteiger partial charge in [-0.2, -0.15) is 0 Å². The molecule has 3 N–H and O–H groups in total. The van der Waals surface area contributed by atoms with E-state index in [0.717, 1.165) is 0 Å². The topological polar surface area (TPSA) is 60.7 Å². The Hall–Kier alpha value is 0.594. The Bertz CT molecular complexity index is 265. The smallest absolute Gasteiger partial charge is 0.0483 e. The predicted octanol–water partition coefficient (Wildman–Crippen LogP) is 5.61. The van der Waals surface area contributed by atoms with Gasteiger partial charge in [0.15, 0.2) is 0 Å². The number of aliphatic hydroxyl groups excluding tert-OH is 3. The van der Waals surface area contributed by atoms with Gasteiger partial charge in [-0.15, -0.1) is 0 Å². The van der Waals surface area contributed by atoms with Crippen LogP contribution >= 0.6 is 0 Å². The van der Waals surface area contributed by atoms with Crippen molar-refractivity contribution in [1.29, 1.82) is 0 Å². The van der Waals surface area contributed by atoms with E-state index >= 15 is 0 Å². The normalized spacial score (nSPS) is 28.0. The average molecular weight is 422 g/mol. The fourth-order valence-electron chi connectivity index (χ4n) is 4.57. The second kappa shape index (κ2) is 18.6. The van der Waals surface area contributed by atoms with Gasteiger partial charge in [0.1, 0.15) is 0 Å². The van der Waals surface area contributed by atoms with E-state index in [0.29, 0.717) is 0 Å². The molecule has 164 valence electrons. The molecule has 0 radical (unpaired) electrons. The molecular weight excluding hydrogens is 372 g/mol. The second-order valence-corrected chi connectivity index (χ2v) is 8.93. The van der Waals surface area contributed by atoms with Crippen LogP contribution in [-0.2, 0) is 21.7 Å². The molecule has 4 heteroatoms. The largest absolute Gasteiger partial charge is 0.394 e. The standard InChI is InChI=1S/C13H22.3C3H8O.CH3.Ti/c1-3-7-12-10(5-1)9-11-6-2-4-8-13(11)12;3*1-3(2)4;;/h10-13H,1-9H2;3*3-4H,1-2H3;1H3;/q;;;;-1;. The summed E-state index contributed by atoms with van der Waals surface area (Å²) < 4.78 is 0. The molecule has 4 atom stereocenters. The Morgan fingerprint density at radius 3 is 1.04 bits per heavy atom. The van der Waals surface area contributed by atoms with Crippen LogP contribution in [0.25, 0.3) is 0 Å². The van der Waals surface area contributed by atoms with Gasteiger partial charge in [-0.05, 0) is 84.5 Å². The maximum atomic E-state index is 8.06. The molecule has 3 nitrogen and oxygen atoms in total. The van der Waals surface area contributed by atoms with Crippen LogP contribution in [0.15, 0.2) is 0 Å². The van der Waals surface area contributed by atoms with Gasteiger partial charge >= 0.3 is 0 Å². The quantitative estimate of drug-likeness (QED) is 0.352. The Balaban J connectivity index is -0.000000351. The summed E-state index contributed by atoms with van der Waals surface area (Å²) in [5.74, 6) is 4.70. The van der Waals surface area contributed by atoms with Crippen molar-refractivity contribution in [3.8, 4) is 0 Å². The average Bonchev–Trinajstić information content (AvgIpc) is 2.84. The van der Waals surface area contributed by atoms with Gasteiger partial charge < -0.3 is 22.7 Å². The third kappa shape index (κ3) is 17.2. The molecule has 0 heterocycles. The fourth-order valence-corrected chi connectivity index (χ4v) is 4.57. The number of hydrogen-bond donors (Lipinski definition) is 3. The van der Waals surface area contributed by atoms with Crippen LogP contribution < -0.4 is 0 Å². The summed E-state index contributed by atoms with van der Waals surface area (Å²) in [7, 11) is 0. The number of rotatable bonds is 0. The monoisotopic (exact) mass is 421 g/mol. The van der Waals surface area contributed by atoms with E-state index in [4.69, 9.17) is 15.3 Å². The zero-order valence-electron chi connectivity index (χ0n) is 19.2. The maximum absolute atomic E-state index is 8.06. The molecular formula is C23H49O3Ti-. The Morgan fingerprint density at radius 2 is 0.778 bits per heavy atom.